The van der Waals surface area contributed by atoms with Crippen LogP contribution in [0.4, 0.5) is 0 Å². The van der Waals surface area contributed by atoms with Gasteiger partial charge < -0.3 is 28.7 Å². The van der Waals surface area contributed by atoms with Crippen molar-refractivity contribution in [2.24, 2.45) is 0 Å². The summed E-state index contributed by atoms with van der Waals surface area (Å²) in [6.07, 6.45) is 5.83. The maximum atomic E-state index is 13.4. The van der Waals surface area contributed by atoms with Crippen LogP contribution >= 0.6 is 0 Å². The van der Waals surface area contributed by atoms with Crippen LogP contribution in [-0.4, -0.2) is 80.3 Å². The van der Waals surface area contributed by atoms with Gasteiger partial charge in [-0.15, -0.1) is 0 Å². The number of nitrogens with zero attached hydrogens (tertiary/aromatic N) is 2. The number of carbonyl (C=O) groups is 2. The van der Waals surface area contributed by atoms with E-state index in [9.17, 15) is 9.59 Å². The molecule has 1 saturated heterocycles. The third-order valence-corrected chi connectivity index (χ3v) is 7.21. The zero-order chi connectivity index (χ0) is 26.7. The Morgan fingerprint density at radius 3 is 2.39 bits per heavy atom. The van der Waals surface area contributed by atoms with E-state index in [1.807, 2.05) is 48.2 Å². The molecule has 0 spiro atoms. The van der Waals surface area contributed by atoms with Gasteiger partial charge in [-0.1, -0.05) is 49.9 Å². The highest BCUT2D eigenvalue weighted by molar-refractivity contribution is 5.97. The summed E-state index contributed by atoms with van der Waals surface area (Å²) in [4.78, 5) is 30.1. The Hall–Kier alpha value is -3.26. The zero-order valence-corrected chi connectivity index (χ0v) is 22.6. The van der Waals surface area contributed by atoms with E-state index in [0.29, 0.717) is 49.1 Å². The number of hydrogen-bond donors (Lipinski definition) is 0. The molecule has 0 radical (unpaired) electrons. The molecule has 2 aromatic rings. The lowest BCUT2D eigenvalue weighted by atomic mass is 10.1. The number of fused-ring (bicyclic) bond motifs is 2. The molecule has 0 saturated carbocycles. The number of likely N-dealkylation sites (tertiary alicyclic amines) is 1. The first-order valence-electron chi connectivity index (χ1n) is 13.8. The lowest BCUT2D eigenvalue weighted by Gasteiger charge is -2.25. The lowest BCUT2D eigenvalue weighted by molar-refractivity contribution is -0.132. The monoisotopic (exact) mass is 524 g/mol. The summed E-state index contributed by atoms with van der Waals surface area (Å²) in [6.45, 7) is 4.69. The minimum Gasteiger partial charge on any atom is -0.493 e. The highest BCUT2D eigenvalue weighted by Gasteiger charge is 2.38. The van der Waals surface area contributed by atoms with E-state index in [1.165, 1.54) is 0 Å². The number of para-hydroxylation sites is 3. The predicted octanol–water partition coefficient (Wildman–Crippen LogP) is 4.57. The zero-order valence-electron chi connectivity index (χ0n) is 22.6. The second-order valence-corrected chi connectivity index (χ2v) is 9.81. The summed E-state index contributed by atoms with van der Waals surface area (Å²) < 4.78 is 23.8. The van der Waals surface area contributed by atoms with Crippen molar-refractivity contribution in [2.45, 2.75) is 57.7 Å². The molecule has 4 rings (SSSR count). The number of rotatable bonds is 5. The molecule has 0 unspecified atom stereocenters. The lowest BCUT2D eigenvalue weighted by Crippen LogP contribution is -2.35. The van der Waals surface area contributed by atoms with Crippen molar-refractivity contribution in [3.63, 3.8) is 0 Å². The largest absolute Gasteiger partial charge is 0.493 e. The third-order valence-electron chi connectivity index (χ3n) is 7.21. The minimum absolute atomic E-state index is 0.0243. The van der Waals surface area contributed by atoms with Gasteiger partial charge in [0, 0.05) is 19.7 Å². The Bertz CT molecular complexity index is 1060. The van der Waals surface area contributed by atoms with Gasteiger partial charge in [0.25, 0.3) is 11.8 Å². The molecule has 0 aliphatic carbocycles. The molecular weight excluding hydrogens is 484 g/mol. The van der Waals surface area contributed by atoms with Crippen LogP contribution in [0.1, 0.15) is 55.8 Å². The van der Waals surface area contributed by atoms with Crippen molar-refractivity contribution in [3.8, 4) is 17.2 Å². The fourth-order valence-electron chi connectivity index (χ4n) is 5.02. The van der Waals surface area contributed by atoms with Crippen LogP contribution in [0.15, 0.2) is 48.5 Å². The maximum Gasteiger partial charge on any atom is 0.260 e. The Morgan fingerprint density at radius 1 is 0.921 bits per heavy atom. The fraction of sp³-hybridized carbons (Fsp3) is 0.533. The van der Waals surface area contributed by atoms with E-state index in [0.717, 1.165) is 45.1 Å². The van der Waals surface area contributed by atoms with Gasteiger partial charge in [0.2, 0.25) is 0 Å². The van der Waals surface area contributed by atoms with E-state index >= 15 is 0 Å². The number of amides is 2. The van der Waals surface area contributed by atoms with Crippen LogP contribution < -0.4 is 14.2 Å². The number of ether oxygens (including phenoxy) is 4. The summed E-state index contributed by atoms with van der Waals surface area (Å²) in [5, 5.41) is 0. The first-order valence-corrected chi connectivity index (χ1v) is 13.8. The predicted molar refractivity (Wildman–Crippen MR) is 145 cm³/mol. The number of hydrogen-bond acceptors (Lipinski definition) is 6. The molecule has 1 fully saturated rings. The SMILES string of the molecule is CCN1CCCCCCCCO[C@@H]2CN(C(=O)COc3ccccc3OC)C[C@H]2Oc2ccccc2C1=O. The molecule has 38 heavy (non-hydrogen) atoms. The summed E-state index contributed by atoms with van der Waals surface area (Å²) in [7, 11) is 1.57. The van der Waals surface area contributed by atoms with Crippen LogP contribution in [0.5, 0.6) is 17.2 Å². The van der Waals surface area contributed by atoms with Gasteiger partial charge in [-0.3, -0.25) is 9.59 Å². The topological polar surface area (TPSA) is 77.5 Å². The first kappa shape index (κ1) is 27.8. The smallest absolute Gasteiger partial charge is 0.260 e. The first-order chi connectivity index (χ1) is 18.6. The summed E-state index contributed by atoms with van der Waals surface area (Å²) >= 11 is 0. The fourth-order valence-corrected chi connectivity index (χ4v) is 5.02. The molecule has 2 amide bonds. The van der Waals surface area contributed by atoms with Crippen molar-refractivity contribution in [1.82, 2.24) is 9.80 Å². The second kappa shape index (κ2) is 14.0. The molecule has 0 aromatic heterocycles. The van der Waals surface area contributed by atoms with Crippen LogP contribution in [0, 0.1) is 0 Å². The van der Waals surface area contributed by atoms with Gasteiger partial charge in [-0.05, 0) is 44.0 Å². The van der Waals surface area contributed by atoms with Crippen LogP contribution in [0.25, 0.3) is 0 Å². The van der Waals surface area contributed by atoms with Gasteiger partial charge in [0.15, 0.2) is 18.1 Å². The maximum absolute atomic E-state index is 13.4. The van der Waals surface area contributed by atoms with E-state index in [1.54, 1.807) is 24.1 Å². The normalized spacial score (nSPS) is 21.3. The van der Waals surface area contributed by atoms with E-state index in [-0.39, 0.29) is 30.6 Å². The van der Waals surface area contributed by atoms with Gasteiger partial charge in [0.1, 0.15) is 18.0 Å². The van der Waals surface area contributed by atoms with E-state index < -0.39 is 0 Å². The van der Waals surface area contributed by atoms with Gasteiger partial charge in [-0.2, -0.15) is 0 Å². The van der Waals surface area contributed by atoms with Crippen LogP contribution in [0.3, 0.4) is 0 Å². The molecule has 0 N–H and O–H groups in total. The van der Waals surface area contributed by atoms with E-state index in [4.69, 9.17) is 18.9 Å². The van der Waals surface area contributed by atoms with Crippen molar-refractivity contribution in [1.29, 1.82) is 0 Å². The summed E-state index contributed by atoms with van der Waals surface area (Å²) in [5.41, 5.74) is 0.546. The highest BCUT2D eigenvalue weighted by Crippen LogP contribution is 2.28. The molecule has 2 aromatic carbocycles. The molecule has 2 atom stereocenters. The third kappa shape index (κ3) is 7.19. The number of carbonyl (C=O) groups excluding carboxylic acids is 2. The van der Waals surface area contributed by atoms with Crippen molar-refractivity contribution in [2.75, 3.05) is 46.5 Å². The molecule has 2 heterocycles. The summed E-state index contributed by atoms with van der Waals surface area (Å²) in [6, 6.07) is 14.6. The molecule has 206 valence electrons. The van der Waals surface area contributed by atoms with Gasteiger partial charge >= 0.3 is 0 Å². The van der Waals surface area contributed by atoms with Crippen LogP contribution in [0.2, 0.25) is 0 Å². The Morgan fingerprint density at radius 2 is 1.61 bits per heavy atom. The number of methoxy groups -OCH3 is 1. The Labute approximate surface area is 225 Å². The summed E-state index contributed by atoms with van der Waals surface area (Å²) in [5.74, 6) is 1.46. The van der Waals surface area contributed by atoms with E-state index in [2.05, 4.69) is 0 Å². The minimum atomic E-state index is -0.387. The standard InChI is InChI=1S/C30H40N2O6/c1-3-31-18-12-6-4-5-7-13-19-36-27-20-32(29(33)22-37-26-17-11-10-16-25(26)35-2)21-28(27)38-24-15-9-8-14-23(24)30(31)34/h8-11,14-17,27-28H,3-7,12-13,18-22H2,1-2H3/t27-,28-/m1/s1. The average molecular weight is 525 g/mol. The van der Waals surface area contributed by atoms with Crippen molar-refractivity contribution >= 4 is 11.8 Å². The quantitative estimate of drug-likeness (QED) is 0.571. The Kier molecular flexibility index (Phi) is 10.3. The molecule has 2 aliphatic heterocycles. The van der Waals surface area contributed by atoms with Crippen molar-refractivity contribution < 1.29 is 28.5 Å². The molecule has 8 heteroatoms. The molecule has 2 aliphatic rings. The van der Waals surface area contributed by atoms with Gasteiger partial charge in [0.05, 0.1) is 25.8 Å². The molecular formula is C30H40N2O6. The average Bonchev–Trinajstić information content (AvgIpc) is 3.35. The Balaban J connectivity index is 1.49. The van der Waals surface area contributed by atoms with Crippen LogP contribution in [-0.2, 0) is 9.53 Å². The second-order valence-electron chi connectivity index (χ2n) is 9.81. The molecule has 0 bridgehead atoms. The number of benzene rings is 2. The van der Waals surface area contributed by atoms with Crippen molar-refractivity contribution in [3.05, 3.63) is 54.1 Å². The highest BCUT2D eigenvalue weighted by atomic mass is 16.5. The molecule has 8 nitrogen and oxygen atoms in total. The van der Waals surface area contributed by atoms with Gasteiger partial charge in [-0.25, -0.2) is 0 Å².